The summed E-state index contributed by atoms with van der Waals surface area (Å²) in [7, 11) is 1.63. The molecule has 0 bridgehead atoms. The highest BCUT2D eigenvalue weighted by atomic mass is 16.5. The lowest BCUT2D eigenvalue weighted by molar-refractivity contribution is -0.121. The van der Waals surface area contributed by atoms with Crippen molar-refractivity contribution in [2.24, 2.45) is 0 Å². The van der Waals surface area contributed by atoms with Crippen molar-refractivity contribution in [1.82, 2.24) is 20.1 Å². The van der Waals surface area contributed by atoms with Crippen LogP contribution in [0.3, 0.4) is 0 Å². The molecule has 1 aromatic heterocycles. The van der Waals surface area contributed by atoms with E-state index in [1.54, 1.807) is 18.1 Å². The Hall–Kier alpha value is -3.15. The molecule has 128 valence electrons. The van der Waals surface area contributed by atoms with Crippen LogP contribution in [-0.4, -0.2) is 27.8 Å². The van der Waals surface area contributed by atoms with Crippen molar-refractivity contribution >= 4 is 5.91 Å². The molecule has 1 N–H and O–H groups in total. The van der Waals surface area contributed by atoms with Gasteiger partial charge in [0.05, 0.1) is 19.7 Å². The minimum Gasteiger partial charge on any atom is -0.497 e. The van der Waals surface area contributed by atoms with Crippen molar-refractivity contribution in [2.45, 2.75) is 19.0 Å². The molecule has 3 aromatic rings. The van der Waals surface area contributed by atoms with Gasteiger partial charge in [0, 0.05) is 6.42 Å². The number of amides is 1. The Morgan fingerprint density at radius 1 is 1.12 bits per heavy atom. The number of nitrogens with one attached hydrogen (secondary N) is 1. The molecule has 0 aliphatic carbocycles. The predicted octanol–water partition coefficient (Wildman–Crippen LogP) is 2.58. The fraction of sp³-hybridized carbons (Fsp3) is 0.211. The molecule has 0 aliphatic rings. The van der Waals surface area contributed by atoms with Gasteiger partial charge in [-0.15, -0.1) is 0 Å². The van der Waals surface area contributed by atoms with Crippen molar-refractivity contribution in [3.8, 4) is 5.75 Å². The van der Waals surface area contributed by atoms with Crippen LogP contribution in [0, 0.1) is 0 Å². The van der Waals surface area contributed by atoms with Gasteiger partial charge in [0.15, 0.2) is 0 Å². The Morgan fingerprint density at radius 3 is 2.48 bits per heavy atom. The molecule has 0 radical (unpaired) electrons. The number of aryl methyl sites for hydroxylation is 1. The summed E-state index contributed by atoms with van der Waals surface area (Å²) in [6.45, 7) is 0.496. The fourth-order valence-corrected chi connectivity index (χ4v) is 2.60. The molecular formula is C19H20N4O2. The number of ether oxygens (including phenoxy) is 1. The molecule has 0 fully saturated rings. The molecular weight excluding hydrogens is 316 g/mol. The fourth-order valence-electron chi connectivity index (χ4n) is 2.60. The highest BCUT2D eigenvalue weighted by molar-refractivity contribution is 5.77. The molecule has 25 heavy (non-hydrogen) atoms. The van der Waals surface area contributed by atoms with Gasteiger partial charge in [0.1, 0.15) is 18.4 Å². The molecule has 6 nitrogen and oxygen atoms in total. The first-order chi connectivity index (χ1) is 12.3. The minimum atomic E-state index is -0.213. The second-order valence-electron chi connectivity index (χ2n) is 5.59. The molecule has 0 saturated heterocycles. The SMILES string of the molecule is COc1ccc(C(NC(=O)CCn2cncn2)c2ccccc2)cc1. The minimum absolute atomic E-state index is 0.0415. The number of nitrogens with zero attached hydrogens (tertiary/aromatic N) is 3. The van der Waals surface area contributed by atoms with Gasteiger partial charge in [-0.2, -0.15) is 5.10 Å². The van der Waals surface area contributed by atoms with Crippen LogP contribution >= 0.6 is 0 Å². The van der Waals surface area contributed by atoms with Crippen molar-refractivity contribution in [2.75, 3.05) is 7.11 Å². The molecule has 0 aliphatic heterocycles. The van der Waals surface area contributed by atoms with Crippen LogP contribution in [-0.2, 0) is 11.3 Å². The van der Waals surface area contributed by atoms with Gasteiger partial charge < -0.3 is 10.1 Å². The van der Waals surface area contributed by atoms with Gasteiger partial charge in [-0.05, 0) is 23.3 Å². The second kappa shape index (κ2) is 8.10. The summed E-state index contributed by atoms with van der Waals surface area (Å²) in [5.41, 5.74) is 2.03. The van der Waals surface area contributed by atoms with E-state index in [2.05, 4.69) is 15.4 Å². The molecule has 1 amide bonds. The maximum atomic E-state index is 12.4. The molecule has 1 atom stereocenters. The van der Waals surface area contributed by atoms with E-state index in [-0.39, 0.29) is 11.9 Å². The van der Waals surface area contributed by atoms with Gasteiger partial charge in [-0.1, -0.05) is 42.5 Å². The van der Waals surface area contributed by atoms with Crippen LogP contribution in [0.5, 0.6) is 5.75 Å². The number of benzene rings is 2. The Balaban J connectivity index is 1.75. The van der Waals surface area contributed by atoms with E-state index in [1.165, 1.54) is 6.33 Å². The third-order valence-corrected chi connectivity index (χ3v) is 3.92. The van der Waals surface area contributed by atoms with Gasteiger partial charge in [-0.25, -0.2) is 4.98 Å². The van der Waals surface area contributed by atoms with E-state index in [0.717, 1.165) is 16.9 Å². The maximum Gasteiger partial charge on any atom is 0.222 e. The zero-order valence-corrected chi connectivity index (χ0v) is 14.0. The van der Waals surface area contributed by atoms with Gasteiger partial charge in [0.2, 0.25) is 5.91 Å². The number of carbonyl (C=O) groups excluding carboxylic acids is 1. The number of rotatable bonds is 7. The summed E-state index contributed by atoms with van der Waals surface area (Å²) in [4.78, 5) is 16.3. The monoisotopic (exact) mass is 336 g/mol. The smallest absolute Gasteiger partial charge is 0.222 e. The maximum absolute atomic E-state index is 12.4. The highest BCUT2D eigenvalue weighted by Crippen LogP contribution is 2.24. The van der Waals surface area contributed by atoms with E-state index in [1.807, 2.05) is 54.6 Å². The van der Waals surface area contributed by atoms with E-state index in [0.29, 0.717) is 13.0 Å². The average molecular weight is 336 g/mol. The predicted molar refractivity (Wildman–Crippen MR) is 94.1 cm³/mol. The van der Waals surface area contributed by atoms with E-state index >= 15 is 0 Å². The largest absolute Gasteiger partial charge is 0.497 e. The van der Waals surface area contributed by atoms with Crippen molar-refractivity contribution in [3.63, 3.8) is 0 Å². The summed E-state index contributed by atoms with van der Waals surface area (Å²) in [5, 5.41) is 7.12. The van der Waals surface area contributed by atoms with Crippen LogP contribution < -0.4 is 10.1 Å². The summed E-state index contributed by atoms with van der Waals surface area (Å²) in [6.07, 6.45) is 3.40. The first-order valence-corrected chi connectivity index (χ1v) is 8.07. The third kappa shape index (κ3) is 4.44. The molecule has 3 rings (SSSR count). The third-order valence-electron chi connectivity index (χ3n) is 3.92. The Kier molecular flexibility index (Phi) is 5.41. The summed E-state index contributed by atoms with van der Waals surface area (Å²) < 4.78 is 6.86. The Labute approximate surface area is 146 Å². The molecule has 2 aromatic carbocycles. The Bertz CT molecular complexity index is 786. The molecule has 6 heteroatoms. The van der Waals surface area contributed by atoms with Crippen LogP contribution in [0.4, 0.5) is 0 Å². The van der Waals surface area contributed by atoms with E-state index < -0.39 is 0 Å². The number of hydrogen-bond donors (Lipinski definition) is 1. The lowest BCUT2D eigenvalue weighted by Crippen LogP contribution is -2.30. The lowest BCUT2D eigenvalue weighted by atomic mass is 9.98. The average Bonchev–Trinajstić information content (AvgIpc) is 3.19. The van der Waals surface area contributed by atoms with Crippen LogP contribution in [0.15, 0.2) is 67.3 Å². The van der Waals surface area contributed by atoms with Gasteiger partial charge in [0.25, 0.3) is 0 Å². The van der Waals surface area contributed by atoms with Crippen LogP contribution in [0.25, 0.3) is 0 Å². The molecule has 0 saturated carbocycles. The number of hydrogen-bond acceptors (Lipinski definition) is 4. The van der Waals surface area contributed by atoms with Gasteiger partial charge in [-0.3, -0.25) is 9.48 Å². The highest BCUT2D eigenvalue weighted by Gasteiger charge is 2.17. The summed E-state index contributed by atoms with van der Waals surface area (Å²) in [6, 6.07) is 17.4. The first kappa shape index (κ1) is 16.7. The first-order valence-electron chi connectivity index (χ1n) is 8.07. The molecule has 1 unspecified atom stereocenters. The number of methoxy groups -OCH3 is 1. The van der Waals surface area contributed by atoms with Gasteiger partial charge >= 0.3 is 0 Å². The van der Waals surface area contributed by atoms with Crippen molar-refractivity contribution in [3.05, 3.63) is 78.4 Å². The quantitative estimate of drug-likeness (QED) is 0.720. The topological polar surface area (TPSA) is 69.0 Å². The summed E-state index contributed by atoms with van der Waals surface area (Å²) in [5.74, 6) is 0.744. The normalized spacial score (nSPS) is 11.7. The Morgan fingerprint density at radius 2 is 1.84 bits per heavy atom. The standard InChI is InChI=1S/C19H20N4O2/c1-25-17-9-7-16(8-10-17)19(15-5-3-2-4-6-15)22-18(24)11-12-23-14-20-13-21-23/h2-10,13-14,19H,11-12H2,1H3,(H,22,24). The lowest BCUT2D eigenvalue weighted by Gasteiger charge is -2.20. The second-order valence-corrected chi connectivity index (χ2v) is 5.59. The van der Waals surface area contributed by atoms with E-state index in [9.17, 15) is 4.79 Å². The number of aromatic nitrogens is 3. The molecule has 1 heterocycles. The zero-order chi connectivity index (χ0) is 17.5. The van der Waals surface area contributed by atoms with Crippen molar-refractivity contribution in [1.29, 1.82) is 0 Å². The summed E-state index contributed by atoms with van der Waals surface area (Å²) >= 11 is 0. The van der Waals surface area contributed by atoms with E-state index in [4.69, 9.17) is 4.74 Å². The number of carbonyl (C=O) groups is 1. The zero-order valence-electron chi connectivity index (χ0n) is 14.0. The van der Waals surface area contributed by atoms with Crippen LogP contribution in [0.1, 0.15) is 23.6 Å². The van der Waals surface area contributed by atoms with Crippen LogP contribution in [0.2, 0.25) is 0 Å². The molecule has 0 spiro atoms. The van der Waals surface area contributed by atoms with Crippen molar-refractivity contribution < 1.29 is 9.53 Å².